The molecule has 0 spiro atoms. The summed E-state index contributed by atoms with van der Waals surface area (Å²) in [4.78, 5) is 5.85. The molecule has 4 aliphatic carbocycles. The third kappa shape index (κ3) is 8.31. The monoisotopic (exact) mass is 619 g/mol. The summed E-state index contributed by atoms with van der Waals surface area (Å²) >= 11 is 0. The Morgan fingerprint density at radius 3 is 0.756 bits per heavy atom. The standard InChI is InChI=1S/C43H74N2/c1-28-18-22-40(36(9)32(28)5)44(41-23-19-29(2)33(6)37(41)10)26-16-14-13-15-17-27-45(42-24-20-30(3)34(7)38(42)11)43-25-21-31(4)35(8)39(43)12/h18-25,28-43H,13-17,26-27H2,1-12H3/t28-,29-,30-,31-,32-,33-,34-,35-,36+,37+,38+,39+,40+,41+,42+,43+/m1/s1. The van der Waals surface area contributed by atoms with Gasteiger partial charge < -0.3 is 0 Å². The van der Waals surface area contributed by atoms with Gasteiger partial charge in [0, 0.05) is 24.2 Å². The fraction of sp³-hybridized carbons (Fsp3) is 0.814. The molecule has 0 aromatic rings. The van der Waals surface area contributed by atoms with E-state index in [0.29, 0.717) is 71.5 Å². The lowest BCUT2D eigenvalue weighted by atomic mass is 9.72. The molecule has 0 bridgehead atoms. The van der Waals surface area contributed by atoms with Crippen LogP contribution in [0.1, 0.15) is 115 Å². The molecule has 4 aliphatic rings. The van der Waals surface area contributed by atoms with Crippen LogP contribution in [-0.2, 0) is 0 Å². The fourth-order valence-corrected chi connectivity index (χ4v) is 9.48. The van der Waals surface area contributed by atoms with Crippen molar-refractivity contribution >= 4 is 0 Å². The van der Waals surface area contributed by atoms with Gasteiger partial charge >= 0.3 is 0 Å². The first-order valence-electron chi connectivity index (χ1n) is 19.6. The minimum Gasteiger partial charge on any atom is -0.290 e. The molecule has 0 heterocycles. The molecule has 0 unspecified atom stereocenters. The van der Waals surface area contributed by atoms with Crippen molar-refractivity contribution in [3.8, 4) is 0 Å². The molecule has 0 saturated heterocycles. The van der Waals surface area contributed by atoms with Gasteiger partial charge in [-0.2, -0.15) is 0 Å². The smallest absolute Gasteiger partial charge is 0.0312 e. The molecule has 0 aliphatic heterocycles. The minimum absolute atomic E-state index is 0.564. The van der Waals surface area contributed by atoms with Gasteiger partial charge in [0.15, 0.2) is 0 Å². The van der Waals surface area contributed by atoms with Crippen LogP contribution in [0.15, 0.2) is 48.6 Å². The molecular weight excluding hydrogens is 544 g/mol. The minimum atomic E-state index is 0.564. The van der Waals surface area contributed by atoms with Crippen molar-refractivity contribution in [2.45, 2.75) is 139 Å². The number of rotatable bonds is 12. The van der Waals surface area contributed by atoms with E-state index in [0.717, 1.165) is 23.7 Å². The summed E-state index contributed by atoms with van der Waals surface area (Å²) in [7, 11) is 0. The van der Waals surface area contributed by atoms with E-state index in [4.69, 9.17) is 0 Å². The van der Waals surface area contributed by atoms with Crippen LogP contribution < -0.4 is 0 Å². The highest BCUT2D eigenvalue weighted by atomic mass is 15.2. The van der Waals surface area contributed by atoms with Crippen molar-refractivity contribution in [2.24, 2.45) is 71.0 Å². The number of nitrogens with zero attached hydrogens (tertiary/aromatic N) is 2. The average molecular weight is 619 g/mol. The molecule has 0 fully saturated rings. The van der Waals surface area contributed by atoms with Gasteiger partial charge in [0.25, 0.3) is 0 Å². The predicted molar refractivity (Wildman–Crippen MR) is 198 cm³/mol. The second-order valence-electron chi connectivity index (χ2n) is 17.1. The lowest BCUT2D eigenvalue weighted by Gasteiger charge is -2.48. The van der Waals surface area contributed by atoms with Crippen molar-refractivity contribution in [1.29, 1.82) is 0 Å². The highest BCUT2D eigenvalue weighted by Gasteiger charge is 2.40. The molecule has 0 amide bonds. The summed E-state index contributed by atoms with van der Waals surface area (Å²) in [5, 5.41) is 0. The fourth-order valence-electron chi connectivity index (χ4n) is 9.48. The van der Waals surface area contributed by atoms with E-state index in [2.05, 4.69) is 141 Å². The van der Waals surface area contributed by atoms with Gasteiger partial charge in [0.2, 0.25) is 0 Å². The van der Waals surface area contributed by atoms with E-state index in [1.807, 2.05) is 0 Å². The maximum absolute atomic E-state index is 2.92. The number of hydrogen-bond donors (Lipinski definition) is 0. The molecule has 0 radical (unpaired) electrons. The Morgan fingerprint density at radius 1 is 0.289 bits per heavy atom. The van der Waals surface area contributed by atoms with E-state index in [1.54, 1.807) is 0 Å². The molecule has 2 heteroatoms. The highest BCUT2D eigenvalue weighted by molar-refractivity contribution is 5.14. The van der Waals surface area contributed by atoms with Crippen molar-refractivity contribution < 1.29 is 0 Å². The normalized spacial score (nSPS) is 45.1. The van der Waals surface area contributed by atoms with Gasteiger partial charge in [0.05, 0.1) is 0 Å². The van der Waals surface area contributed by atoms with E-state index in [1.165, 1.54) is 45.2 Å². The third-order valence-corrected chi connectivity index (χ3v) is 14.6. The maximum atomic E-state index is 2.92. The molecule has 16 atom stereocenters. The van der Waals surface area contributed by atoms with Crippen LogP contribution in [0.5, 0.6) is 0 Å². The van der Waals surface area contributed by atoms with Gasteiger partial charge in [-0.3, -0.25) is 9.80 Å². The van der Waals surface area contributed by atoms with Crippen LogP contribution in [-0.4, -0.2) is 47.1 Å². The summed E-state index contributed by atoms with van der Waals surface area (Å²) in [6, 6.07) is 2.25. The summed E-state index contributed by atoms with van der Waals surface area (Å²) in [5.74, 6) is 8.53. The van der Waals surface area contributed by atoms with E-state index < -0.39 is 0 Å². The van der Waals surface area contributed by atoms with Crippen molar-refractivity contribution in [3.05, 3.63) is 48.6 Å². The lowest BCUT2D eigenvalue weighted by Crippen LogP contribution is -2.52. The lowest BCUT2D eigenvalue weighted by molar-refractivity contribution is 0.0574. The Morgan fingerprint density at radius 2 is 0.511 bits per heavy atom. The molecular formula is C43H74N2. The van der Waals surface area contributed by atoms with Gasteiger partial charge in [-0.05, 0) is 96.9 Å². The van der Waals surface area contributed by atoms with Gasteiger partial charge in [-0.15, -0.1) is 0 Å². The second kappa shape index (κ2) is 16.3. The Balaban J connectivity index is 1.36. The maximum Gasteiger partial charge on any atom is 0.0312 e. The second-order valence-corrected chi connectivity index (χ2v) is 17.1. The third-order valence-electron chi connectivity index (χ3n) is 14.6. The van der Waals surface area contributed by atoms with Crippen LogP contribution in [0, 0.1) is 71.0 Å². The first-order chi connectivity index (χ1) is 21.3. The number of hydrogen-bond acceptors (Lipinski definition) is 2. The Kier molecular flexibility index (Phi) is 13.3. The van der Waals surface area contributed by atoms with Crippen LogP contribution >= 0.6 is 0 Å². The molecule has 4 rings (SSSR count). The summed E-state index contributed by atoms with van der Waals surface area (Å²) < 4.78 is 0. The zero-order valence-electron chi connectivity index (χ0n) is 31.7. The SMILES string of the molecule is C[C@H]1[C@H](C)[C@@H](N(CCCCCCCN([C@H]2C=C[C@@H](C)[C@@H](C)[C@@H]2C)[C@H]2C=C[C@@H](C)[C@@H](C)[C@@H]2C)[C@H]2C=C[C@@H](C)[C@@H](C)[C@@H]2C)C=C[C@H]1C. The van der Waals surface area contributed by atoms with Crippen LogP contribution in [0.3, 0.4) is 0 Å². The first-order valence-corrected chi connectivity index (χ1v) is 19.6. The van der Waals surface area contributed by atoms with E-state index >= 15 is 0 Å². The molecule has 0 aromatic carbocycles. The Labute approximate surface area is 281 Å². The average Bonchev–Trinajstić information content (AvgIpc) is 3.02. The van der Waals surface area contributed by atoms with Crippen LogP contribution in [0.25, 0.3) is 0 Å². The summed E-state index contributed by atoms with van der Waals surface area (Å²) in [6.45, 7) is 32.1. The zero-order valence-corrected chi connectivity index (χ0v) is 31.7. The number of allylic oxidation sites excluding steroid dienone is 4. The van der Waals surface area contributed by atoms with Crippen LogP contribution in [0.4, 0.5) is 0 Å². The summed E-state index contributed by atoms with van der Waals surface area (Å²) in [6.07, 6.45) is 27.1. The topological polar surface area (TPSA) is 6.48 Å². The highest BCUT2D eigenvalue weighted by Crippen LogP contribution is 2.40. The predicted octanol–water partition coefficient (Wildman–Crippen LogP) is 10.9. The summed E-state index contributed by atoms with van der Waals surface area (Å²) in [5.41, 5.74) is 0. The van der Waals surface area contributed by atoms with E-state index in [9.17, 15) is 0 Å². The first kappa shape index (κ1) is 36.7. The van der Waals surface area contributed by atoms with E-state index in [-0.39, 0.29) is 0 Å². The van der Waals surface area contributed by atoms with Crippen molar-refractivity contribution in [2.75, 3.05) is 13.1 Å². The van der Waals surface area contributed by atoms with Crippen LogP contribution in [0.2, 0.25) is 0 Å². The molecule has 0 saturated carbocycles. The molecule has 45 heavy (non-hydrogen) atoms. The molecule has 2 nitrogen and oxygen atoms in total. The molecule has 0 aromatic heterocycles. The Bertz CT molecular complexity index is 871. The van der Waals surface area contributed by atoms with Crippen molar-refractivity contribution in [3.63, 3.8) is 0 Å². The molecule has 256 valence electrons. The van der Waals surface area contributed by atoms with Gasteiger partial charge in [0.1, 0.15) is 0 Å². The van der Waals surface area contributed by atoms with Crippen molar-refractivity contribution in [1.82, 2.24) is 9.80 Å². The quantitative estimate of drug-likeness (QED) is 0.159. The zero-order chi connectivity index (χ0) is 33.0. The van der Waals surface area contributed by atoms with Gasteiger partial charge in [-0.25, -0.2) is 0 Å². The Hall–Kier alpha value is -1.12. The van der Waals surface area contributed by atoms with Gasteiger partial charge in [-0.1, -0.05) is 151 Å². The molecule has 0 N–H and O–H groups in total. The number of unbranched alkanes of at least 4 members (excludes halogenated alkanes) is 4. The largest absolute Gasteiger partial charge is 0.290 e.